The Morgan fingerprint density at radius 1 is 1.10 bits per heavy atom. The second-order valence-corrected chi connectivity index (χ2v) is 7.40. The van der Waals surface area contributed by atoms with Crippen molar-refractivity contribution in [3.05, 3.63) is 17.6 Å². The van der Waals surface area contributed by atoms with Gasteiger partial charge in [0.15, 0.2) is 5.82 Å². The first kappa shape index (κ1) is 19.6. The second-order valence-electron chi connectivity index (χ2n) is 7.40. The minimum absolute atomic E-state index is 0.00372. The van der Waals surface area contributed by atoms with Gasteiger partial charge < -0.3 is 19.1 Å². The molecular weight excluding hydrogens is 374 g/mol. The van der Waals surface area contributed by atoms with E-state index < -0.39 is 0 Å². The zero-order chi connectivity index (χ0) is 20.4. The average Bonchev–Trinajstić information content (AvgIpc) is 3.36. The minimum Gasteiger partial charge on any atom is -0.378 e. The largest absolute Gasteiger partial charge is 0.378 e. The van der Waals surface area contributed by atoms with Crippen molar-refractivity contribution in [1.82, 2.24) is 34.3 Å². The van der Waals surface area contributed by atoms with E-state index in [1.807, 2.05) is 28.1 Å². The first-order chi connectivity index (χ1) is 14.1. The van der Waals surface area contributed by atoms with Crippen molar-refractivity contribution in [3.8, 4) is 11.5 Å². The van der Waals surface area contributed by atoms with Crippen LogP contribution in [0.4, 0.5) is 0 Å². The third-order valence-corrected chi connectivity index (χ3v) is 5.68. The molecule has 0 spiro atoms. The second kappa shape index (κ2) is 8.32. The molecular formula is C19H27N7O3. The zero-order valence-corrected chi connectivity index (χ0v) is 17.0. The van der Waals surface area contributed by atoms with E-state index >= 15 is 0 Å². The molecule has 0 atom stereocenters. The normalized spacial score (nSPS) is 16.8. The lowest BCUT2D eigenvalue weighted by Gasteiger charge is -2.29. The van der Waals surface area contributed by atoms with E-state index in [-0.39, 0.29) is 24.7 Å². The van der Waals surface area contributed by atoms with Crippen LogP contribution in [0.2, 0.25) is 0 Å². The van der Waals surface area contributed by atoms with Crippen molar-refractivity contribution in [2.24, 2.45) is 7.05 Å². The molecule has 2 amide bonds. The summed E-state index contributed by atoms with van der Waals surface area (Å²) >= 11 is 0. The average molecular weight is 401 g/mol. The quantitative estimate of drug-likeness (QED) is 0.711. The van der Waals surface area contributed by atoms with Gasteiger partial charge in [0.25, 0.3) is 0 Å². The highest BCUT2D eigenvalue weighted by molar-refractivity contribution is 5.84. The van der Waals surface area contributed by atoms with Gasteiger partial charge in [-0.1, -0.05) is 0 Å². The van der Waals surface area contributed by atoms with Gasteiger partial charge in [0.1, 0.15) is 12.0 Å². The highest BCUT2D eigenvalue weighted by atomic mass is 16.5. The fourth-order valence-corrected chi connectivity index (χ4v) is 4.00. The molecule has 1 saturated heterocycles. The summed E-state index contributed by atoms with van der Waals surface area (Å²) in [5, 5.41) is 12.9. The highest BCUT2D eigenvalue weighted by Gasteiger charge is 2.29. The summed E-state index contributed by atoms with van der Waals surface area (Å²) in [7, 11) is 1.92. The van der Waals surface area contributed by atoms with E-state index in [9.17, 15) is 9.59 Å². The summed E-state index contributed by atoms with van der Waals surface area (Å²) in [4.78, 5) is 28.7. The maximum atomic E-state index is 12.8. The van der Waals surface area contributed by atoms with Gasteiger partial charge in [-0.15, -0.1) is 10.2 Å². The lowest BCUT2D eigenvalue weighted by Crippen LogP contribution is -2.41. The van der Waals surface area contributed by atoms with Gasteiger partial charge in [0, 0.05) is 70.3 Å². The van der Waals surface area contributed by atoms with Crippen LogP contribution in [-0.2, 0) is 40.9 Å². The number of rotatable bonds is 5. The van der Waals surface area contributed by atoms with Crippen LogP contribution in [0.1, 0.15) is 31.0 Å². The van der Waals surface area contributed by atoms with E-state index in [1.165, 1.54) is 0 Å². The first-order valence-corrected chi connectivity index (χ1v) is 10.1. The maximum Gasteiger partial charge on any atom is 0.223 e. The summed E-state index contributed by atoms with van der Waals surface area (Å²) in [5.41, 5.74) is 2.93. The molecule has 2 aliphatic rings. The number of aromatic nitrogens is 5. The molecule has 156 valence electrons. The van der Waals surface area contributed by atoms with Crippen LogP contribution in [-0.4, -0.2) is 79.0 Å². The number of fused-ring (bicyclic) bond motifs is 1. The Kier molecular flexibility index (Phi) is 5.61. The molecule has 0 unspecified atom stereocenters. The van der Waals surface area contributed by atoms with Gasteiger partial charge in [-0.2, -0.15) is 5.10 Å². The SMILES string of the molecule is CCn1cnnc1-c1nn(C)c2c1CN(C(=O)CCC(=O)N1CCOCC1)CC2. The first-order valence-electron chi connectivity index (χ1n) is 10.1. The van der Waals surface area contributed by atoms with E-state index in [0.717, 1.165) is 35.7 Å². The molecule has 10 nitrogen and oxygen atoms in total. The van der Waals surface area contributed by atoms with Gasteiger partial charge >= 0.3 is 0 Å². The van der Waals surface area contributed by atoms with Crippen LogP contribution in [0.5, 0.6) is 0 Å². The van der Waals surface area contributed by atoms with Gasteiger partial charge in [-0.05, 0) is 6.92 Å². The summed E-state index contributed by atoms with van der Waals surface area (Å²) in [6, 6.07) is 0. The highest BCUT2D eigenvalue weighted by Crippen LogP contribution is 2.29. The number of amides is 2. The van der Waals surface area contributed by atoms with E-state index in [2.05, 4.69) is 15.3 Å². The van der Waals surface area contributed by atoms with Crippen LogP contribution in [0.25, 0.3) is 11.5 Å². The molecule has 0 radical (unpaired) electrons. The van der Waals surface area contributed by atoms with Crippen LogP contribution >= 0.6 is 0 Å². The van der Waals surface area contributed by atoms with Crippen LogP contribution in [0, 0.1) is 0 Å². The summed E-state index contributed by atoms with van der Waals surface area (Å²) < 4.78 is 9.10. The van der Waals surface area contributed by atoms with E-state index in [4.69, 9.17) is 4.74 Å². The van der Waals surface area contributed by atoms with Crippen molar-refractivity contribution >= 4 is 11.8 Å². The van der Waals surface area contributed by atoms with Crippen LogP contribution in [0.3, 0.4) is 0 Å². The van der Waals surface area contributed by atoms with Crippen molar-refractivity contribution in [2.75, 3.05) is 32.8 Å². The predicted molar refractivity (Wildman–Crippen MR) is 104 cm³/mol. The lowest BCUT2D eigenvalue weighted by atomic mass is 10.0. The van der Waals surface area contributed by atoms with Crippen molar-refractivity contribution in [1.29, 1.82) is 0 Å². The van der Waals surface area contributed by atoms with Crippen LogP contribution in [0.15, 0.2) is 6.33 Å². The molecule has 4 heterocycles. The Labute approximate surface area is 169 Å². The maximum absolute atomic E-state index is 12.8. The van der Waals surface area contributed by atoms with Gasteiger partial charge in [-0.25, -0.2) is 0 Å². The minimum atomic E-state index is 0.00372. The molecule has 2 aromatic rings. The Morgan fingerprint density at radius 2 is 1.83 bits per heavy atom. The Bertz CT molecular complexity index is 898. The van der Waals surface area contributed by atoms with E-state index in [1.54, 1.807) is 11.2 Å². The van der Waals surface area contributed by atoms with Gasteiger partial charge in [0.05, 0.1) is 13.2 Å². The number of hydrogen-bond acceptors (Lipinski definition) is 6. The fraction of sp³-hybridized carbons (Fsp3) is 0.632. The molecule has 0 aliphatic carbocycles. The number of carbonyl (C=O) groups excluding carboxylic acids is 2. The van der Waals surface area contributed by atoms with Crippen LogP contribution < -0.4 is 0 Å². The molecule has 0 saturated carbocycles. The molecule has 10 heteroatoms. The number of ether oxygens (including phenoxy) is 1. The molecule has 2 aromatic heterocycles. The molecule has 1 fully saturated rings. The number of hydrogen-bond donors (Lipinski definition) is 0. The monoisotopic (exact) mass is 401 g/mol. The molecule has 29 heavy (non-hydrogen) atoms. The standard InChI is InChI=1S/C19H27N7O3/c1-3-24-13-20-21-19(24)18-14-12-26(7-6-15(14)23(2)22-18)17(28)5-4-16(27)25-8-10-29-11-9-25/h13H,3-12H2,1-2H3. The zero-order valence-electron chi connectivity index (χ0n) is 17.0. The molecule has 0 bridgehead atoms. The Morgan fingerprint density at radius 3 is 2.55 bits per heavy atom. The molecule has 0 N–H and O–H groups in total. The third kappa shape index (κ3) is 3.89. The topological polar surface area (TPSA) is 98.4 Å². The van der Waals surface area contributed by atoms with Crippen molar-refractivity contribution < 1.29 is 14.3 Å². The number of aryl methyl sites for hydroxylation is 2. The molecule has 2 aliphatic heterocycles. The van der Waals surface area contributed by atoms with Gasteiger partial charge in [-0.3, -0.25) is 14.3 Å². The summed E-state index contributed by atoms with van der Waals surface area (Å²) in [6.07, 6.45) is 2.90. The molecule has 0 aromatic carbocycles. The predicted octanol–water partition coefficient (Wildman–Crippen LogP) is 0.222. The van der Waals surface area contributed by atoms with Crippen molar-refractivity contribution in [3.63, 3.8) is 0 Å². The number of morpholine rings is 1. The third-order valence-electron chi connectivity index (χ3n) is 5.68. The number of nitrogens with zero attached hydrogens (tertiary/aromatic N) is 7. The van der Waals surface area contributed by atoms with E-state index in [0.29, 0.717) is 39.4 Å². The lowest BCUT2D eigenvalue weighted by molar-refractivity contribution is -0.139. The smallest absolute Gasteiger partial charge is 0.223 e. The Balaban J connectivity index is 1.44. The van der Waals surface area contributed by atoms with Gasteiger partial charge in [0.2, 0.25) is 11.8 Å². The number of carbonyl (C=O) groups is 2. The summed E-state index contributed by atoms with van der Waals surface area (Å²) in [6.45, 7) is 6.26. The molecule has 4 rings (SSSR count). The van der Waals surface area contributed by atoms with Crippen molar-refractivity contribution in [2.45, 2.75) is 39.3 Å². The Hall–Kier alpha value is -2.75. The fourth-order valence-electron chi connectivity index (χ4n) is 4.00. The summed E-state index contributed by atoms with van der Waals surface area (Å²) in [5.74, 6) is 0.752.